The van der Waals surface area contributed by atoms with Gasteiger partial charge in [0.25, 0.3) is 11.8 Å². The number of rotatable bonds is 2. The Hall–Kier alpha value is -1.86. The zero-order valence-electron chi connectivity index (χ0n) is 11.2. The molecule has 1 saturated heterocycles. The zero-order chi connectivity index (χ0) is 15.7. The first-order valence-electron chi connectivity index (χ1n) is 6.43. The predicted molar refractivity (Wildman–Crippen MR) is 94.2 cm³/mol. The molecule has 2 aromatic carbocycles. The normalized spacial score (nSPS) is 16.3. The highest BCUT2D eigenvalue weighted by atomic mass is 127. The van der Waals surface area contributed by atoms with Crippen LogP contribution in [0.2, 0.25) is 5.02 Å². The number of hydrogen-bond acceptors (Lipinski definition) is 2. The van der Waals surface area contributed by atoms with Crippen LogP contribution in [0.5, 0.6) is 0 Å². The fourth-order valence-corrected chi connectivity index (χ4v) is 2.75. The van der Waals surface area contributed by atoms with Crippen molar-refractivity contribution in [2.75, 3.05) is 5.01 Å². The van der Waals surface area contributed by atoms with Crippen molar-refractivity contribution in [2.45, 2.75) is 0 Å². The van der Waals surface area contributed by atoms with Gasteiger partial charge in [-0.05, 0) is 64.6 Å². The van der Waals surface area contributed by atoms with Crippen LogP contribution in [0.3, 0.4) is 0 Å². The summed E-state index contributed by atoms with van der Waals surface area (Å²) in [5, 5.41) is 1.79. The topological polar surface area (TPSA) is 49.4 Å². The second kappa shape index (κ2) is 6.10. The number of carbonyl (C=O) groups is 2. The summed E-state index contributed by atoms with van der Waals surface area (Å²) in [5.41, 5.74) is 4.07. The standard InChI is InChI=1S/C16H10ClIN2O2/c17-11-5-7-12(8-6-11)20-16(22)13(15(21)19-20)9-10-3-1-2-4-14(10)18/h1-9H,(H,19,21)/b13-9-. The van der Waals surface area contributed by atoms with Gasteiger partial charge in [-0.1, -0.05) is 29.8 Å². The molecule has 1 aliphatic heterocycles. The molecular weight excluding hydrogens is 415 g/mol. The van der Waals surface area contributed by atoms with Gasteiger partial charge in [0, 0.05) is 8.59 Å². The molecule has 2 amide bonds. The first-order chi connectivity index (χ1) is 10.6. The van der Waals surface area contributed by atoms with Crippen molar-refractivity contribution >= 4 is 57.8 Å². The molecule has 1 fully saturated rings. The number of hydrazine groups is 1. The van der Waals surface area contributed by atoms with E-state index in [0.29, 0.717) is 10.7 Å². The minimum atomic E-state index is -0.417. The summed E-state index contributed by atoms with van der Waals surface area (Å²) in [4.78, 5) is 24.5. The molecule has 0 aromatic heterocycles. The van der Waals surface area contributed by atoms with Gasteiger partial charge in [-0.25, -0.2) is 5.01 Å². The lowest BCUT2D eigenvalue weighted by Crippen LogP contribution is -2.35. The van der Waals surface area contributed by atoms with Crippen molar-refractivity contribution in [3.63, 3.8) is 0 Å². The maximum absolute atomic E-state index is 12.5. The Balaban J connectivity index is 1.95. The summed E-state index contributed by atoms with van der Waals surface area (Å²) in [6.45, 7) is 0. The lowest BCUT2D eigenvalue weighted by molar-refractivity contribution is -0.117. The Kier molecular flexibility index (Phi) is 4.17. The molecule has 1 heterocycles. The van der Waals surface area contributed by atoms with E-state index in [1.807, 2.05) is 24.3 Å². The molecule has 22 heavy (non-hydrogen) atoms. The van der Waals surface area contributed by atoms with E-state index in [-0.39, 0.29) is 11.5 Å². The quantitative estimate of drug-likeness (QED) is 0.456. The first kappa shape index (κ1) is 15.1. The van der Waals surface area contributed by atoms with Crippen LogP contribution < -0.4 is 10.4 Å². The maximum atomic E-state index is 12.5. The molecule has 6 heteroatoms. The lowest BCUT2D eigenvalue weighted by Gasteiger charge is -2.14. The Morgan fingerprint density at radius 2 is 1.73 bits per heavy atom. The highest BCUT2D eigenvalue weighted by Crippen LogP contribution is 2.24. The van der Waals surface area contributed by atoms with E-state index in [1.165, 1.54) is 5.01 Å². The number of nitrogens with one attached hydrogen (secondary N) is 1. The highest BCUT2D eigenvalue weighted by Gasteiger charge is 2.34. The molecule has 110 valence electrons. The first-order valence-corrected chi connectivity index (χ1v) is 7.89. The number of nitrogens with zero attached hydrogens (tertiary/aromatic N) is 1. The number of amides is 2. The summed E-state index contributed by atoms with van der Waals surface area (Å²) in [6, 6.07) is 14.2. The molecule has 1 N–H and O–H groups in total. The fraction of sp³-hybridized carbons (Fsp3) is 0. The minimum absolute atomic E-state index is 0.110. The molecular formula is C16H10ClIN2O2. The third kappa shape index (κ3) is 2.86. The molecule has 0 atom stereocenters. The molecule has 0 bridgehead atoms. The summed E-state index contributed by atoms with van der Waals surface area (Å²) >= 11 is 8.00. The van der Waals surface area contributed by atoms with Gasteiger partial charge < -0.3 is 0 Å². The Morgan fingerprint density at radius 1 is 1.05 bits per heavy atom. The molecule has 0 radical (unpaired) electrons. The predicted octanol–water partition coefficient (Wildman–Crippen LogP) is 3.41. The van der Waals surface area contributed by atoms with Gasteiger partial charge in [-0.3, -0.25) is 15.0 Å². The summed E-state index contributed by atoms with van der Waals surface area (Å²) in [5.74, 6) is -0.799. The van der Waals surface area contributed by atoms with Crippen LogP contribution in [0.15, 0.2) is 54.1 Å². The SMILES string of the molecule is O=C1NN(c2ccc(Cl)cc2)C(=O)/C1=C\c1ccccc1I. The lowest BCUT2D eigenvalue weighted by atomic mass is 10.1. The molecule has 1 aliphatic rings. The number of hydrogen-bond donors (Lipinski definition) is 1. The molecule has 4 nitrogen and oxygen atoms in total. The van der Waals surface area contributed by atoms with E-state index in [1.54, 1.807) is 30.3 Å². The number of benzene rings is 2. The van der Waals surface area contributed by atoms with Crippen LogP contribution in [0.25, 0.3) is 6.08 Å². The van der Waals surface area contributed by atoms with Gasteiger partial charge in [0.2, 0.25) is 0 Å². The van der Waals surface area contributed by atoms with Gasteiger partial charge in [-0.2, -0.15) is 0 Å². The molecule has 3 rings (SSSR count). The molecule has 2 aromatic rings. The summed E-state index contributed by atoms with van der Waals surface area (Å²) in [7, 11) is 0. The van der Waals surface area contributed by atoms with Crippen LogP contribution in [-0.2, 0) is 9.59 Å². The molecule has 0 spiro atoms. The van der Waals surface area contributed by atoms with E-state index in [2.05, 4.69) is 28.0 Å². The van der Waals surface area contributed by atoms with Crippen LogP contribution in [0, 0.1) is 3.57 Å². The van der Waals surface area contributed by atoms with Gasteiger partial charge in [0.05, 0.1) is 5.69 Å². The van der Waals surface area contributed by atoms with Crippen molar-refractivity contribution < 1.29 is 9.59 Å². The number of halogens is 2. The van der Waals surface area contributed by atoms with E-state index >= 15 is 0 Å². The molecule has 0 unspecified atom stereocenters. The van der Waals surface area contributed by atoms with Crippen LogP contribution >= 0.6 is 34.2 Å². The molecule has 0 aliphatic carbocycles. The van der Waals surface area contributed by atoms with Crippen LogP contribution in [0.4, 0.5) is 5.69 Å². The number of anilines is 1. The minimum Gasteiger partial charge on any atom is -0.267 e. The smallest absolute Gasteiger partial charge is 0.267 e. The Bertz CT molecular complexity index is 787. The molecule has 0 saturated carbocycles. The largest absolute Gasteiger partial charge is 0.282 e. The van der Waals surface area contributed by atoms with Crippen LogP contribution in [0.1, 0.15) is 5.56 Å². The van der Waals surface area contributed by atoms with Crippen molar-refractivity contribution in [1.82, 2.24) is 5.43 Å². The van der Waals surface area contributed by atoms with Crippen LogP contribution in [-0.4, -0.2) is 11.8 Å². The third-order valence-corrected chi connectivity index (χ3v) is 4.42. The third-order valence-electron chi connectivity index (χ3n) is 3.18. The van der Waals surface area contributed by atoms with Crippen molar-refractivity contribution in [1.29, 1.82) is 0 Å². The van der Waals surface area contributed by atoms with Gasteiger partial charge in [0.15, 0.2) is 0 Å². The van der Waals surface area contributed by atoms with Crippen molar-refractivity contribution in [3.8, 4) is 0 Å². The van der Waals surface area contributed by atoms with E-state index in [4.69, 9.17) is 11.6 Å². The Morgan fingerprint density at radius 3 is 2.41 bits per heavy atom. The van der Waals surface area contributed by atoms with E-state index < -0.39 is 5.91 Å². The number of carbonyl (C=O) groups excluding carboxylic acids is 2. The van der Waals surface area contributed by atoms with Gasteiger partial charge in [0.1, 0.15) is 5.57 Å². The van der Waals surface area contributed by atoms with Gasteiger partial charge >= 0.3 is 0 Å². The Labute approximate surface area is 145 Å². The highest BCUT2D eigenvalue weighted by molar-refractivity contribution is 14.1. The average molecular weight is 425 g/mol. The van der Waals surface area contributed by atoms with E-state index in [9.17, 15) is 9.59 Å². The fourth-order valence-electron chi connectivity index (χ4n) is 2.08. The monoisotopic (exact) mass is 424 g/mol. The summed E-state index contributed by atoms with van der Waals surface area (Å²) in [6.07, 6.45) is 1.61. The summed E-state index contributed by atoms with van der Waals surface area (Å²) < 4.78 is 0.971. The van der Waals surface area contributed by atoms with Crippen molar-refractivity contribution in [2.24, 2.45) is 0 Å². The average Bonchev–Trinajstić information content (AvgIpc) is 2.78. The zero-order valence-corrected chi connectivity index (χ0v) is 14.1. The second-order valence-corrected chi connectivity index (χ2v) is 6.24. The van der Waals surface area contributed by atoms with Gasteiger partial charge in [-0.15, -0.1) is 0 Å². The second-order valence-electron chi connectivity index (χ2n) is 4.64. The van der Waals surface area contributed by atoms with E-state index in [0.717, 1.165) is 9.13 Å². The maximum Gasteiger partial charge on any atom is 0.282 e. The van der Waals surface area contributed by atoms with Crippen molar-refractivity contribution in [3.05, 3.63) is 68.3 Å².